The summed E-state index contributed by atoms with van der Waals surface area (Å²) in [5, 5.41) is 6.13. The lowest BCUT2D eigenvalue weighted by Gasteiger charge is -2.13. The van der Waals surface area contributed by atoms with Crippen LogP contribution in [-0.4, -0.2) is 26.9 Å². The Balaban J connectivity index is 0.00000392. The molecule has 0 aliphatic rings. The number of halogens is 1. The third-order valence-corrected chi connectivity index (χ3v) is 5.83. The lowest BCUT2D eigenvalue weighted by Crippen LogP contribution is -2.32. The smallest absolute Gasteiger partial charge is 0.255 e. The van der Waals surface area contributed by atoms with E-state index in [1.165, 1.54) is 24.3 Å². The summed E-state index contributed by atoms with van der Waals surface area (Å²) in [4.78, 5) is 12.7. The van der Waals surface area contributed by atoms with Gasteiger partial charge < -0.3 is 10.6 Å². The number of carbonyl (C=O) groups excluding carboxylic acids is 1. The fourth-order valence-corrected chi connectivity index (χ4v) is 3.78. The molecule has 2 aromatic carbocycles. The second kappa shape index (κ2) is 11.2. The van der Waals surface area contributed by atoms with Crippen molar-refractivity contribution in [3.63, 3.8) is 0 Å². The fraction of sp³-hybridized carbons (Fsp3) is 0.350. The van der Waals surface area contributed by atoms with E-state index in [9.17, 15) is 13.2 Å². The van der Waals surface area contributed by atoms with Crippen molar-refractivity contribution in [3.05, 3.63) is 59.7 Å². The quantitative estimate of drug-likeness (QED) is 0.573. The van der Waals surface area contributed by atoms with Crippen molar-refractivity contribution in [1.82, 2.24) is 10.0 Å². The predicted octanol–water partition coefficient (Wildman–Crippen LogP) is 3.55. The standard InChI is InChI=1S/C20H27N3O3S.ClH/c1-4-15(3)23-27(25,26)18-12-10-16(11-13-18)20(24)22-19-9-7-6-8-17(19)14-21-5-2;/h6-13,15,21,23H,4-5,14H2,1-3H3,(H,22,24);1H. The van der Waals surface area contributed by atoms with Gasteiger partial charge in [0.1, 0.15) is 0 Å². The molecule has 0 aromatic heterocycles. The summed E-state index contributed by atoms with van der Waals surface area (Å²) in [6, 6.07) is 13.4. The Kier molecular flexibility index (Phi) is 9.61. The lowest BCUT2D eigenvalue weighted by atomic mass is 10.1. The van der Waals surface area contributed by atoms with Gasteiger partial charge in [-0.3, -0.25) is 4.79 Å². The van der Waals surface area contributed by atoms with Crippen LogP contribution in [0.15, 0.2) is 53.4 Å². The Morgan fingerprint density at radius 1 is 1.04 bits per heavy atom. The van der Waals surface area contributed by atoms with Gasteiger partial charge in [0.05, 0.1) is 4.90 Å². The van der Waals surface area contributed by atoms with Crippen molar-refractivity contribution < 1.29 is 13.2 Å². The van der Waals surface area contributed by atoms with Crippen molar-refractivity contribution in [3.8, 4) is 0 Å². The van der Waals surface area contributed by atoms with Gasteiger partial charge in [0.2, 0.25) is 10.0 Å². The summed E-state index contributed by atoms with van der Waals surface area (Å²) in [6.45, 7) is 7.24. The molecule has 1 unspecified atom stereocenters. The largest absolute Gasteiger partial charge is 0.322 e. The van der Waals surface area contributed by atoms with Crippen LogP contribution in [0.1, 0.15) is 43.1 Å². The predicted molar refractivity (Wildman–Crippen MR) is 116 cm³/mol. The minimum Gasteiger partial charge on any atom is -0.322 e. The average Bonchev–Trinajstić information content (AvgIpc) is 2.67. The topological polar surface area (TPSA) is 87.3 Å². The molecule has 1 amide bonds. The van der Waals surface area contributed by atoms with Crippen LogP contribution in [0, 0.1) is 0 Å². The molecule has 28 heavy (non-hydrogen) atoms. The molecule has 0 spiro atoms. The van der Waals surface area contributed by atoms with Crippen LogP contribution in [0.5, 0.6) is 0 Å². The highest BCUT2D eigenvalue weighted by Crippen LogP contribution is 2.17. The van der Waals surface area contributed by atoms with E-state index in [1.807, 2.05) is 45.0 Å². The first-order valence-corrected chi connectivity index (χ1v) is 10.6. The van der Waals surface area contributed by atoms with E-state index in [4.69, 9.17) is 0 Å². The van der Waals surface area contributed by atoms with Crippen LogP contribution in [0.3, 0.4) is 0 Å². The molecule has 3 N–H and O–H groups in total. The summed E-state index contributed by atoms with van der Waals surface area (Å²) in [6.07, 6.45) is 0.700. The first-order valence-electron chi connectivity index (χ1n) is 9.09. The van der Waals surface area contributed by atoms with Gasteiger partial charge in [-0.2, -0.15) is 0 Å². The monoisotopic (exact) mass is 425 g/mol. The third kappa shape index (κ3) is 6.60. The molecule has 0 aliphatic heterocycles. The number of nitrogens with one attached hydrogen (secondary N) is 3. The van der Waals surface area contributed by atoms with Crippen molar-refractivity contribution in [1.29, 1.82) is 0 Å². The highest BCUT2D eigenvalue weighted by Gasteiger charge is 2.17. The van der Waals surface area contributed by atoms with Crippen molar-refractivity contribution in [2.75, 3.05) is 11.9 Å². The van der Waals surface area contributed by atoms with Gasteiger partial charge in [0.15, 0.2) is 0 Å². The molecule has 0 radical (unpaired) electrons. The van der Waals surface area contributed by atoms with Gasteiger partial charge in [-0.1, -0.05) is 32.0 Å². The van der Waals surface area contributed by atoms with Crippen molar-refractivity contribution in [2.45, 2.75) is 44.7 Å². The molecule has 154 valence electrons. The normalized spacial score (nSPS) is 12.1. The molecular formula is C20H28ClN3O3S. The number of rotatable bonds is 9. The van der Waals surface area contributed by atoms with Crippen LogP contribution < -0.4 is 15.4 Å². The molecule has 0 saturated carbocycles. The van der Waals surface area contributed by atoms with Gasteiger partial charge in [-0.15, -0.1) is 12.4 Å². The summed E-state index contributed by atoms with van der Waals surface area (Å²) in [7, 11) is -3.58. The van der Waals surface area contributed by atoms with Crippen LogP contribution in [0.4, 0.5) is 5.69 Å². The molecule has 2 aromatic rings. The fourth-order valence-electron chi connectivity index (χ4n) is 2.45. The van der Waals surface area contributed by atoms with Gasteiger partial charge in [-0.25, -0.2) is 13.1 Å². The van der Waals surface area contributed by atoms with E-state index < -0.39 is 10.0 Å². The Morgan fingerprint density at radius 3 is 2.29 bits per heavy atom. The Hall–Kier alpha value is -1.93. The molecule has 8 heteroatoms. The van der Waals surface area contributed by atoms with E-state index >= 15 is 0 Å². The molecule has 0 fully saturated rings. The zero-order valence-electron chi connectivity index (χ0n) is 16.4. The summed E-state index contributed by atoms with van der Waals surface area (Å²) in [5.74, 6) is -0.280. The lowest BCUT2D eigenvalue weighted by molar-refractivity contribution is 0.102. The van der Waals surface area contributed by atoms with Crippen molar-refractivity contribution >= 4 is 34.0 Å². The van der Waals surface area contributed by atoms with Crippen LogP contribution in [0.25, 0.3) is 0 Å². The van der Waals surface area contributed by atoms with Crippen molar-refractivity contribution in [2.24, 2.45) is 0 Å². The Morgan fingerprint density at radius 2 is 1.68 bits per heavy atom. The van der Waals surface area contributed by atoms with E-state index in [0.29, 0.717) is 18.5 Å². The van der Waals surface area contributed by atoms with Gasteiger partial charge in [0, 0.05) is 23.8 Å². The number of hydrogen-bond acceptors (Lipinski definition) is 4. The molecule has 0 heterocycles. The summed E-state index contributed by atoms with van der Waals surface area (Å²) < 4.78 is 27.2. The number of anilines is 1. The number of para-hydroxylation sites is 1. The molecular weight excluding hydrogens is 398 g/mol. The molecule has 1 atom stereocenters. The third-order valence-electron chi connectivity index (χ3n) is 4.23. The zero-order chi connectivity index (χ0) is 19.9. The summed E-state index contributed by atoms with van der Waals surface area (Å²) >= 11 is 0. The van der Waals surface area contributed by atoms with E-state index in [1.54, 1.807) is 0 Å². The maximum Gasteiger partial charge on any atom is 0.255 e. The SMILES string of the molecule is CCNCc1ccccc1NC(=O)c1ccc(S(=O)(=O)NC(C)CC)cc1.Cl. The number of amides is 1. The average molecular weight is 426 g/mol. The highest BCUT2D eigenvalue weighted by molar-refractivity contribution is 7.89. The minimum atomic E-state index is -3.58. The maximum absolute atomic E-state index is 12.5. The molecule has 6 nitrogen and oxygen atoms in total. The van der Waals surface area contributed by atoms with Gasteiger partial charge in [-0.05, 0) is 55.8 Å². The number of carbonyl (C=O) groups is 1. The number of sulfonamides is 1. The molecule has 0 bridgehead atoms. The molecule has 2 rings (SSSR count). The van der Waals surface area contributed by atoms with Crippen LogP contribution in [-0.2, 0) is 16.6 Å². The van der Waals surface area contributed by atoms with E-state index in [2.05, 4.69) is 15.4 Å². The summed E-state index contributed by atoms with van der Waals surface area (Å²) in [5.41, 5.74) is 2.12. The van der Waals surface area contributed by atoms with Gasteiger partial charge >= 0.3 is 0 Å². The second-order valence-electron chi connectivity index (χ2n) is 6.35. The number of benzene rings is 2. The van der Waals surface area contributed by atoms with E-state index in [-0.39, 0.29) is 29.3 Å². The minimum absolute atomic E-state index is 0. The molecule has 0 aliphatic carbocycles. The first-order chi connectivity index (χ1) is 12.9. The van der Waals surface area contributed by atoms with Crippen LogP contribution in [0.2, 0.25) is 0 Å². The zero-order valence-corrected chi connectivity index (χ0v) is 18.0. The highest BCUT2D eigenvalue weighted by atomic mass is 35.5. The van der Waals surface area contributed by atoms with E-state index in [0.717, 1.165) is 17.8 Å². The Labute approximate surface area is 173 Å². The number of hydrogen-bond donors (Lipinski definition) is 3. The first kappa shape index (κ1) is 24.1. The maximum atomic E-state index is 12.5. The van der Waals surface area contributed by atoms with Gasteiger partial charge in [0.25, 0.3) is 5.91 Å². The second-order valence-corrected chi connectivity index (χ2v) is 8.06. The molecule has 0 saturated heterocycles. The van der Waals surface area contributed by atoms with Crippen LogP contribution >= 0.6 is 12.4 Å². The Bertz CT molecular complexity index is 871.